The highest BCUT2D eigenvalue weighted by molar-refractivity contribution is 9.10. The molecule has 0 aliphatic heterocycles. The Hall–Kier alpha value is -1.55. The molecule has 19 heavy (non-hydrogen) atoms. The van der Waals surface area contributed by atoms with Crippen LogP contribution in [0.15, 0.2) is 40.9 Å². The van der Waals surface area contributed by atoms with Crippen LogP contribution in [0.2, 0.25) is 0 Å². The SMILES string of the molecule is CC(CCC(=O)O)Oc1ccc2cc(Br)ccc2c1. The van der Waals surface area contributed by atoms with Crippen LogP contribution in [0.1, 0.15) is 19.8 Å². The maximum atomic E-state index is 10.5. The van der Waals surface area contributed by atoms with E-state index < -0.39 is 5.97 Å². The van der Waals surface area contributed by atoms with Crippen LogP contribution in [0.4, 0.5) is 0 Å². The van der Waals surface area contributed by atoms with Crippen molar-refractivity contribution in [1.29, 1.82) is 0 Å². The largest absolute Gasteiger partial charge is 0.491 e. The van der Waals surface area contributed by atoms with E-state index in [1.165, 1.54) is 0 Å². The molecule has 0 aromatic heterocycles. The molecule has 0 amide bonds. The van der Waals surface area contributed by atoms with Crippen LogP contribution < -0.4 is 4.74 Å². The number of hydrogen-bond donors (Lipinski definition) is 1. The van der Waals surface area contributed by atoms with Crippen molar-refractivity contribution in [3.63, 3.8) is 0 Å². The van der Waals surface area contributed by atoms with Gasteiger partial charge in [0.1, 0.15) is 5.75 Å². The molecule has 3 nitrogen and oxygen atoms in total. The van der Waals surface area contributed by atoms with Crippen molar-refractivity contribution in [2.45, 2.75) is 25.9 Å². The summed E-state index contributed by atoms with van der Waals surface area (Å²) >= 11 is 3.44. The van der Waals surface area contributed by atoms with E-state index in [9.17, 15) is 4.79 Å². The number of carbonyl (C=O) groups is 1. The topological polar surface area (TPSA) is 46.5 Å². The predicted octanol–water partition coefficient (Wildman–Crippen LogP) is 4.23. The molecule has 4 heteroatoms. The van der Waals surface area contributed by atoms with Crippen molar-refractivity contribution in [2.24, 2.45) is 0 Å². The lowest BCUT2D eigenvalue weighted by atomic mass is 10.1. The van der Waals surface area contributed by atoms with E-state index in [0.29, 0.717) is 6.42 Å². The summed E-state index contributed by atoms with van der Waals surface area (Å²) in [6.07, 6.45) is 0.527. The molecule has 0 saturated heterocycles. The van der Waals surface area contributed by atoms with E-state index in [1.807, 2.05) is 43.3 Å². The van der Waals surface area contributed by atoms with E-state index in [-0.39, 0.29) is 12.5 Å². The second-order valence-electron chi connectivity index (χ2n) is 4.51. The van der Waals surface area contributed by atoms with E-state index >= 15 is 0 Å². The second kappa shape index (κ2) is 6.06. The number of rotatable bonds is 5. The summed E-state index contributed by atoms with van der Waals surface area (Å²) in [5.41, 5.74) is 0. The molecule has 0 heterocycles. The van der Waals surface area contributed by atoms with Crippen LogP contribution in [0, 0.1) is 0 Å². The smallest absolute Gasteiger partial charge is 0.303 e. The van der Waals surface area contributed by atoms with E-state index in [1.54, 1.807) is 0 Å². The van der Waals surface area contributed by atoms with Gasteiger partial charge in [0.15, 0.2) is 0 Å². The highest BCUT2D eigenvalue weighted by Crippen LogP contribution is 2.25. The molecule has 0 bridgehead atoms. The Balaban J connectivity index is 2.08. The Morgan fingerprint density at radius 1 is 1.26 bits per heavy atom. The first-order chi connectivity index (χ1) is 9.04. The molecular weight excluding hydrogens is 308 g/mol. The van der Waals surface area contributed by atoms with Gasteiger partial charge >= 0.3 is 5.97 Å². The van der Waals surface area contributed by atoms with Crippen LogP contribution in [0.3, 0.4) is 0 Å². The van der Waals surface area contributed by atoms with Crippen LogP contribution in [0.25, 0.3) is 10.8 Å². The molecule has 1 atom stereocenters. The van der Waals surface area contributed by atoms with Crippen molar-refractivity contribution in [1.82, 2.24) is 0 Å². The molecule has 2 aromatic carbocycles. The number of carboxylic acids is 1. The lowest BCUT2D eigenvalue weighted by molar-refractivity contribution is -0.137. The number of carboxylic acid groups (broad SMARTS) is 1. The molecule has 0 spiro atoms. The average Bonchev–Trinajstić information content (AvgIpc) is 2.36. The normalized spacial score (nSPS) is 12.3. The van der Waals surface area contributed by atoms with Gasteiger partial charge < -0.3 is 9.84 Å². The highest BCUT2D eigenvalue weighted by Gasteiger charge is 2.07. The number of benzene rings is 2. The Morgan fingerprint density at radius 2 is 1.95 bits per heavy atom. The fourth-order valence-electron chi connectivity index (χ4n) is 1.89. The zero-order valence-corrected chi connectivity index (χ0v) is 12.2. The van der Waals surface area contributed by atoms with Crippen molar-refractivity contribution in [3.05, 3.63) is 40.9 Å². The first-order valence-electron chi connectivity index (χ1n) is 6.12. The molecule has 100 valence electrons. The Bertz CT molecular complexity index is 595. The average molecular weight is 323 g/mol. The lowest BCUT2D eigenvalue weighted by Crippen LogP contribution is -2.13. The fraction of sp³-hybridized carbons (Fsp3) is 0.267. The summed E-state index contributed by atoms with van der Waals surface area (Å²) in [6.45, 7) is 1.88. The van der Waals surface area contributed by atoms with E-state index in [0.717, 1.165) is 21.0 Å². The maximum absolute atomic E-state index is 10.5. The fourth-order valence-corrected chi connectivity index (χ4v) is 2.26. The van der Waals surface area contributed by atoms with Gasteiger partial charge in [-0.25, -0.2) is 0 Å². The van der Waals surface area contributed by atoms with Crippen LogP contribution in [0.5, 0.6) is 5.75 Å². The monoisotopic (exact) mass is 322 g/mol. The van der Waals surface area contributed by atoms with Crippen molar-refractivity contribution in [3.8, 4) is 5.75 Å². The van der Waals surface area contributed by atoms with Crippen molar-refractivity contribution < 1.29 is 14.6 Å². The van der Waals surface area contributed by atoms with Gasteiger partial charge in [0.2, 0.25) is 0 Å². The Morgan fingerprint density at radius 3 is 2.68 bits per heavy atom. The van der Waals surface area contributed by atoms with Gasteiger partial charge in [0, 0.05) is 10.9 Å². The summed E-state index contributed by atoms with van der Waals surface area (Å²) < 4.78 is 6.77. The lowest BCUT2D eigenvalue weighted by Gasteiger charge is -2.14. The third-order valence-corrected chi connectivity index (χ3v) is 3.37. The highest BCUT2D eigenvalue weighted by atomic mass is 79.9. The Kier molecular flexibility index (Phi) is 4.43. The summed E-state index contributed by atoms with van der Waals surface area (Å²) in [6, 6.07) is 11.9. The second-order valence-corrected chi connectivity index (χ2v) is 5.43. The Labute approximate surface area is 120 Å². The van der Waals surface area contributed by atoms with Gasteiger partial charge in [-0.2, -0.15) is 0 Å². The van der Waals surface area contributed by atoms with Gasteiger partial charge in [0.25, 0.3) is 0 Å². The van der Waals surface area contributed by atoms with Gasteiger partial charge in [-0.3, -0.25) is 4.79 Å². The van der Waals surface area contributed by atoms with Crippen molar-refractivity contribution in [2.75, 3.05) is 0 Å². The number of hydrogen-bond acceptors (Lipinski definition) is 2. The third-order valence-electron chi connectivity index (χ3n) is 2.88. The van der Waals surface area contributed by atoms with Crippen LogP contribution >= 0.6 is 15.9 Å². The maximum Gasteiger partial charge on any atom is 0.303 e. The molecule has 0 aliphatic rings. The number of halogens is 1. The molecule has 1 N–H and O–H groups in total. The minimum absolute atomic E-state index is 0.107. The first-order valence-corrected chi connectivity index (χ1v) is 6.91. The molecule has 0 fully saturated rings. The van der Waals surface area contributed by atoms with Gasteiger partial charge in [-0.1, -0.05) is 28.1 Å². The minimum Gasteiger partial charge on any atom is -0.491 e. The molecular formula is C15H15BrO3. The van der Waals surface area contributed by atoms with E-state index in [4.69, 9.17) is 9.84 Å². The number of aliphatic carboxylic acids is 1. The number of ether oxygens (including phenoxy) is 1. The van der Waals surface area contributed by atoms with Crippen molar-refractivity contribution >= 4 is 32.7 Å². The molecule has 2 aromatic rings. The van der Waals surface area contributed by atoms with Crippen LogP contribution in [-0.4, -0.2) is 17.2 Å². The number of fused-ring (bicyclic) bond motifs is 1. The summed E-state index contributed by atoms with van der Waals surface area (Å²) in [5.74, 6) is -0.0217. The molecule has 0 aliphatic carbocycles. The molecule has 0 saturated carbocycles. The summed E-state index contributed by atoms with van der Waals surface area (Å²) in [7, 11) is 0. The van der Waals surface area contributed by atoms with Gasteiger partial charge in [0.05, 0.1) is 6.10 Å². The quantitative estimate of drug-likeness (QED) is 0.895. The van der Waals surface area contributed by atoms with Gasteiger partial charge in [-0.05, 0) is 48.4 Å². The first kappa shape index (κ1) is 13.9. The van der Waals surface area contributed by atoms with Crippen LogP contribution in [-0.2, 0) is 4.79 Å². The molecule has 2 rings (SSSR count). The predicted molar refractivity (Wildman–Crippen MR) is 78.6 cm³/mol. The van der Waals surface area contributed by atoms with Gasteiger partial charge in [-0.15, -0.1) is 0 Å². The minimum atomic E-state index is -0.793. The third kappa shape index (κ3) is 3.96. The molecule has 0 radical (unpaired) electrons. The zero-order chi connectivity index (χ0) is 13.8. The summed E-state index contributed by atoms with van der Waals surface area (Å²) in [4.78, 5) is 10.5. The zero-order valence-electron chi connectivity index (χ0n) is 10.6. The molecule has 1 unspecified atom stereocenters. The summed E-state index contributed by atoms with van der Waals surface area (Å²) in [5, 5.41) is 10.9. The standard InChI is InChI=1S/C15H15BrO3/c1-10(2-7-15(17)18)19-14-6-4-11-8-13(16)5-3-12(11)9-14/h3-6,8-10H,2,7H2,1H3,(H,17,18). The van der Waals surface area contributed by atoms with E-state index in [2.05, 4.69) is 15.9 Å².